The van der Waals surface area contributed by atoms with Crippen LogP contribution in [0.25, 0.3) is 22.4 Å². The zero-order chi connectivity index (χ0) is 28.4. The summed E-state index contributed by atoms with van der Waals surface area (Å²) in [5.41, 5.74) is 8.22. The summed E-state index contributed by atoms with van der Waals surface area (Å²) in [6, 6.07) is 11.7. The number of aromatic nitrogens is 4. The van der Waals surface area contributed by atoms with Gasteiger partial charge in [0.2, 0.25) is 0 Å². The number of nitrogens with zero attached hydrogens (tertiary/aromatic N) is 4. The molecule has 0 amide bonds. The first-order valence-electron chi connectivity index (χ1n) is 12.3. The van der Waals surface area contributed by atoms with Gasteiger partial charge in [0.15, 0.2) is 0 Å². The number of aliphatic carboxylic acids is 2. The smallest absolute Gasteiger partial charge is 0.303 e. The van der Waals surface area contributed by atoms with Gasteiger partial charge in [-0.05, 0) is 79.4 Å². The molecule has 0 spiro atoms. The van der Waals surface area contributed by atoms with E-state index in [-0.39, 0.29) is 19.4 Å². The molecule has 0 saturated carbocycles. The Morgan fingerprint density at radius 1 is 0.923 bits per heavy atom. The van der Waals surface area contributed by atoms with Gasteiger partial charge in [0.05, 0.1) is 25.1 Å². The second-order valence-electron chi connectivity index (χ2n) is 8.82. The van der Waals surface area contributed by atoms with Gasteiger partial charge in [0.25, 0.3) is 0 Å². The SMILES string of the molecule is Cc1cnc(COc2ccc(-c3nn(CCF)cc3-c3ccncc3)cc2)c(C)c1C.O=C(O)CCC(=O)O. The molecule has 204 valence electrons. The van der Waals surface area contributed by atoms with E-state index in [2.05, 4.69) is 35.8 Å². The number of carboxylic acids is 2. The van der Waals surface area contributed by atoms with Gasteiger partial charge >= 0.3 is 11.9 Å². The molecule has 0 unspecified atom stereocenters. The number of aryl methyl sites for hydroxylation is 2. The van der Waals surface area contributed by atoms with E-state index >= 15 is 0 Å². The first-order chi connectivity index (χ1) is 18.7. The van der Waals surface area contributed by atoms with Crippen molar-refractivity contribution in [3.8, 4) is 28.1 Å². The van der Waals surface area contributed by atoms with E-state index in [9.17, 15) is 14.0 Å². The second-order valence-corrected chi connectivity index (χ2v) is 8.82. The van der Waals surface area contributed by atoms with Crippen molar-refractivity contribution in [1.82, 2.24) is 19.7 Å². The van der Waals surface area contributed by atoms with Crippen molar-refractivity contribution < 1.29 is 28.9 Å². The average Bonchev–Trinajstić information content (AvgIpc) is 3.35. The highest BCUT2D eigenvalue weighted by Gasteiger charge is 2.14. The molecule has 0 atom stereocenters. The topological polar surface area (TPSA) is 127 Å². The second kappa shape index (κ2) is 13.8. The number of ether oxygens (including phenoxy) is 1. The molecule has 4 rings (SSSR count). The number of carbonyl (C=O) groups is 2. The lowest BCUT2D eigenvalue weighted by Crippen LogP contribution is -2.03. The summed E-state index contributed by atoms with van der Waals surface area (Å²) in [5, 5.41) is 20.4. The number of hydrogen-bond donors (Lipinski definition) is 2. The van der Waals surface area contributed by atoms with E-state index in [4.69, 9.17) is 14.9 Å². The Balaban J connectivity index is 0.000000459. The van der Waals surface area contributed by atoms with Crippen LogP contribution in [0.2, 0.25) is 0 Å². The molecule has 0 aliphatic carbocycles. The van der Waals surface area contributed by atoms with Gasteiger partial charge in [-0.3, -0.25) is 24.2 Å². The van der Waals surface area contributed by atoms with Crippen LogP contribution < -0.4 is 4.74 Å². The van der Waals surface area contributed by atoms with Crippen molar-refractivity contribution in [2.24, 2.45) is 0 Å². The minimum Gasteiger partial charge on any atom is -0.487 e. The van der Waals surface area contributed by atoms with Crippen LogP contribution in [0.15, 0.2) is 61.2 Å². The van der Waals surface area contributed by atoms with Gasteiger partial charge in [-0.2, -0.15) is 5.10 Å². The van der Waals surface area contributed by atoms with Crippen LogP contribution in [-0.2, 0) is 22.7 Å². The molecule has 0 aliphatic rings. The third-order valence-corrected chi connectivity index (χ3v) is 6.12. The monoisotopic (exact) mass is 534 g/mol. The van der Waals surface area contributed by atoms with Crippen molar-refractivity contribution in [2.45, 2.75) is 46.8 Å². The third kappa shape index (κ3) is 8.19. The van der Waals surface area contributed by atoms with Crippen molar-refractivity contribution in [1.29, 1.82) is 0 Å². The van der Waals surface area contributed by atoms with E-state index in [1.165, 1.54) is 11.1 Å². The van der Waals surface area contributed by atoms with Crippen LogP contribution >= 0.6 is 0 Å². The number of pyridine rings is 2. The van der Waals surface area contributed by atoms with Gasteiger partial charge in [0.1, 0.15) is 24.7 Å². The lowest BCUT2D eigenvalue weighted by Gasteiger charge is -2.12. The largest absolute Gasteiger partial charge is 0.487 e. The molecule has 39 heavy (non-hydrogen) atoms. The molecule has 3 aromatic heterocycles. The Morgan fingerprint density at radius 3 is 2.15 bits per heavy atom. The molecule has 3 heterocycles. The molecule has 0 bridgehead atoms. The summed E-state index contributed by atoms with van der Waals surface area (Å²) in [6.07, 6.45) is 6.66. The molecular formula is C29H31FN4O5. The quantitative estimate of drug-likeness (QED) is 0.276. The molecule has 1 aromatic carbocycles. The molecule has 0 radical (unpaired) electrons. The van der Waals surface area contributed by atoms with Gasteiger partial charge in [0, 0.05) is 35.9 Å². The Kier molecular flexibility index (Phi) is 10.3. The number of hydrogen-bond acceptors (Lipinski definition) is 6. The number of alkyl halides is 1. The number of benzene rings is 1. The standard InChI is InChI=1S/C25H25FN4O.C4H6O4/c1-17-14-28-24(19(3)18(17)2)16-31-22-6-4-21(5-7-22)25-23(15-30(29-25)13-10-26)20-8-11-27-12-9-20;5-3(6)1-2-4(7)8/h4-9,11-12,14-15H,10,13,16H2,1-3H3;1-2H2,(H,5,6)(H,7,8). The third-order valence-electron chi connectivity index (χ3n) is 6.12. The number of halogens is 1. The van der Waals surface area contributed by atoms with E-state index in [1.807, 2.05) is 48.8 Å². The van der Waals surface area contributed by atoms with Crippen molar-refractivity contribution in [2.75, 3.05) is 6.67 Å². The Morgan fingerprint density at radius 2 is 1.56 bits per heavy atom. The predicted molar refractivity (Wildman–Crippen MR) is 144 cm³/mol. The van der Waals surface area contributed by atoms with Gasteiger partial charge in [-0.15, -0.1) is 0 Å². The maximum absolute atomic E-state index is 12.9. The Hall–Kier alpha value is -4.60. The molecule has 9 nitrogen and oxygen atoms in total. The minimum absolute atomic E-state index is 0.224. The van der Waals surface area contributed by atoms with E-state index in [0.29, 0.717) is 6.61 Å². The van der Waals surface area contributed by atoms with E-state index < -0.39 is 18.6 Å². The predicted octanol–water partition coefficient (Wildman–Crippen LogP) is 5.42. The zero-order valence-electron chi connectivity index (χ0n) is 22.1. The summed E-state index contributed by atoms with van der Waals surface area (Å²) in [5.74, 6) is -1.39. The molecule has 0 saturated heterocycles. The number of carboxylic acid groups (broad SMARTS) is 2. The summed E-state index contributed by atoms with van der Waals surface area (Å²) >= 11 is 0. The van der Waals surface area contributed by atoms with Crippen LogP contribution in [-0.4, -0.2) is 48.6 Å². The van der Waals surface area contributed by atoms with Crippen molar-refractivity contribution >= 4 is 11.9 Å². The molecule has 10 heteroatoms. The van der Waals surface area contributed by atoms with Crippen molar-refractivity contribution in [3.63, 3.8) is 0 Å². The number of rotatable bonds is 10. The van der Waals surface area contributed by atoms with Crippen LogP contribution in [0.4, 0.5) is 4.39 Å². The highest BCUT2D eigenvalue weighted by atomic mass is 19.1. The highest BCUT2D eigenvalue weighted by Crippen LogP contribution is 2.32. The summed E-state index contributed by atoms with van der Waals surface area (Å²) in [4.78, 5) is 27.9. The normalized spacial score (nSPS) is 10.5. The van der Waals surface area contributed by atoms with Gasteiger partial charge in [-0.1, -0.05) is 0 Å². The highest BCUT2D eigenvalue weighted by molar-refractivity contribution is 5.80. The first kappa shape index (κ1) is 29.0. The fourth-order valence-corrected chi connectivity index (χ4v) is 3.68. The molecular weight excluding hydrogens is 503 g/mol. The van der Waals surface area contributed by atoms with Crippen LogP contribution in [0.3, 0.4) is 0 Å². The van der Waals surface area contributed by atoms with Gasteiger partial charge < -0.3 is 14.9 Å². The molecule has 0 aliphatic heterocycles. The summed E-state index contributed by atoms with van der Waals surface area (Å²) < 4.78 is 20.5. The Labute approximate surface area is 225 Å². The summed E-state index contributed by atoms with van der Waals surface area (Å²) in [7, 11) is 0. The van der Waals surface area contributed by atoms with Crippen LogP contribution in [0.5, 0.6) is 5.75 Å². The first-order valence-corrected chi connectivity index (χ1v) is 12.3. The fourth-order valence-electron chi connectivity index (χ4n) is 3.68. The maximum atomic E-state index is 12.9. The lowest BCUT2D eigenvalue weighted by molar-refractivity contribution is -0.143. The van der Waals surface area contributed by atoms with Crippen LogP contribution in [0, 0.1) is 20.8 Å². The van der Waals surface area contributed by atoms with E-state index in [0.717, 1.165) is 39.4 Å². The average molecular weight is 535 g/mol. The van der Waals surface area contributed by atoms with Crippen LogP contribution in [0.1, 0.15) is 35.2 Å². The molecule has 2 N–H and O–H groups in total. The molecule has 0 fully saturated rings. The van der Waals surface area contributed by atoms with Gasteiger partial charge in [-0.25, -0.2) is 4.39 Å². The Bertz CT molecular complexity index is 1390. The minimum atomic E-state index is -1.08. The fraction of sp³-hybridized carbons (Fsp3) is 0.276. The van der Waals surface area contributed by atoms with Crippen molar-refractivity contribution in [3.05, 3.63) is 83.6 Å². The zero-order valence-corrected chi connectivity index (χ0v) is 22.1. The maximum Gasteiger partial charge on any atom is 0.303 e. The summed E-state index contributed by atoms with van der Waals surface area (Å²) in [6.45, 7) is 6.42. The lowest BCUT2D eigenvalue weighted by atomic mass is 10.0. The van der Waals surface area contributed by atoms with E-state index in [1.54, 1.807) is 17.1 Å². The molecule has 4 aromatic rings.